The third kappa shape index (κ3) is 5.87. The Bertz CT molecular complexity index is 356. The molecule has 0 saturated carbocycles. The van der Waals surface area contributed by atoms with Crippen molar-refractivity contribution in [2.24, 2.45) is 11.8 Å². The molecule has 5 nitrogen and oxygen atoms in total. The highest BCUT2D eigenvalue weighted by Crippen LogP contribution is 2.15. The highest BCUT2D eigenvalue weighted by molar-refractivity contribution is 5.47. The van der Waals surface area contributed by atoms with E-state index in [0.29, 0.717) is 11.9 Å². The quantitative estimate of drug-likeness (QED) is 0.497. The van der Waals surface area contributed by atoms with Gasteiger partial charge in [0.1, 0.15) is 17.5 Å². The maximum atomic E-state index is 5.42. The molecule has 1 rings (SSSR count). The number of hydrazine groups is 1. The largest absolute Gasteiger partial charge is 0.367 e. The third-order valence-electron chi connectivity index (χ3n) is 3.05. The van der Waals surface area contributed by atoms with Gasteiger partial charge in [0.15, 0.2) is 0 Å². The highest BCUT2D eigenvalue weighted by Gasteiger charge is 2.07. The first-order valence-corrected chi connectivity index (χ1v) is 7.16. The minimum atomic E-state index is 0.406. The van der Waals surface area contributed by atoms with Crippen molar-refractivity contribution in [2.45, 2.75) is 59.4 Å². The molecule has 0 aliphatic rings. The van der Waals surface area contributed by atoms with Crippen LogP contribution in [0.1, 0.15) is 52.8 Å². The van der Waals surface area contributed by atoms with E-state index in [1.165, 1.54) is 12.8 Å². The fourth-order valence-electron chi connectivity index (χ4n) is 1.96. The fourth-order valence-corrected chi connectivity index (χ4v) is 1.96. The van der Waals surface area contributed by atoms with Crippen molar-refractivity contribution < 1.29 is 0 Å². The lowest BCUT2D eigenvalue weighted by Gasteiger charge is -2.16. The maximum Gasteiger partial charge on any atom is 0.145 e. The summed E-state index contributed by atoms with van der Waals surface area (Å²) in [5, 5.41) is 3.42. The molecule has 1 aromatic heterocycles. The number of rotatable bonds is 8. The second kappa shape index (κ2) is 7.94. The molecule has 0 radical (unpaired) electrons. The molecule has 5 heteroatoms. The number of nitrogen functional groups attached to an aromatic ring is 1. The van der Waals surface area contributed by atoms with Crippen molar-refractivity contribution >= 4 is 11.6 Å². The van der Waals surface area contributed by atoms with Gasteiger partial charge < -0.3 is 10.7 Å². The van der Waals surface area contributed by atoms with Gasteiger partial charge in [-0.15, -0.1) is 0 Å². The van der Waals surface area contributed by atoms with E-state index < -0.39 is 0 Å². The van der Waals surface area contributed by atoms with Gasteiger partial charge in [-0.25, -0.2) is 15.8 Å². The van der Waals surface area contributed by atoms with E-state index in [2.05, 4.69) is 41.5 Å². The number of anilines is 2. The van der Waals surface area contributed by atoms with Crippen LogP contribution in [-0.4, -0.2) is 16.0 Å². The smallest absolute Gasteiger partial charge is 0.145 e. The van der Waals surface area contributed by atoms with E-state index in [1.807, 2.05) is 13.0 Å². The maximum absolute atomic E-state index is 5.42. The van der Waals surface area contributed by atoms with Crippen LogP contribution in [0.4, 0.5) is 11.6 Å². The van der Waals surface area contributed by atoms with Crippen LogP contribution in [-0.2, 0) is 6.42 Å². The van der Waals surface area contributed by atoms with Gasteiger partial charge in [0.05, 0.1) is 0 Å². The van der Waals surface area contributed by atoms with Crippen LogP contribution in [0, 0.1) is 5.92 Å². The molecule has 1 unspecified atom stereocenters. The number of nitrogens with one attached hydrogen (secondary N) is 2. The minimum Gasteiger partial charge on any atom is -0.367 e. The summed E-state index contributed by atoms with van der Waals surface area (Å²) in [4.78, 5) is 8.74. The number of nitrogens with zero attached hydrogens (tertiary/aromatic N) is 2. The normalized spacial score (nSPS) is 12.5. The Labute approximate surface area is 116 Å². The van der Waals surface area contributed by atoms with Crippen LogP contribution in [0.2, 0.25) is 0 Å². The number of hydrogen-bond donors (Lipinski definition) is 3. The van der Waals surface area contributed by atoms with Gasteiger partial charge in [-0.2, -0.15) is 0 Å². The molecule has 1 atom stereocenters. The predicted molar refractivity (Wildman–Crippen MR) is 81.0 cm³/mol. The molecular formula is C14H27N5. The SMILES string of the molecule is CCc1nc(NN)cc(NC(C)CCCC(C)C)n1. The van der Waals surface area contributed by atoms with E-state index in [4.69, 9.17) is 5.84 Å². The molecule has 0 aliphatic carbocycles. The molecule has 4 N–H and O–H groups in total. The summed E-state index contributed by atoms with van der Waals surface area (Å²) in [7, 11) is 0. The summed E-state index contributed by atoms with van der Waals surface area (Å²) in [6.07, 6.45) is 4.45. The number of hydrogen-bond acceptors (Lipinski definition) is 5. The Morgan fingerprint density at radius 3 is 2.42 bits per heavy atom. The molecule has 108 valence electrons. The third-order valence-corrected chi connectivity index (χ3v) is 3.05. The summed E-state index contributed by atoms with van der Waals surface area (Å²) in [6, 6.07) is 2.25. The van der Waals surface area contributed by atoms with Gasteiger partial charge in [-0.1, -0.05) is 33.6 Å². The number of aromatic nitrogens is 2. The van der Waals surface area contributed by atoms with Crippen molar-refractivity contribution in [1.82, 2.24) is 9.97 Å². The molecule has 0 bridgehead atoms. The minimum absolute atomic E-state index is 0.406. The zero-order valence-electron chi connectivity index (χ0n) is 12.5. The van der Waals surface area contributed by atoms with Crippen LogP contribution >= 0.6 is 0 Å². The Hall–Kier alpha value is -1.36. The second-order valence-corrected chi connectivity index (χ2v) is 5.42. The molecule has 1 aromatic rings. The molecule has 0 aliphatic heterocycles. The summed E-state index contributed by atoms with van der Waals surface area (Å²) < 4.78 is 0. The van der Waals surface area contributed by atoms with Crippen LogP contribution in [0.25, 0.3) is 0 Å². The Kier molecular flexibility index (Phi) is 6.56. The molecule has 0 fully saturated rings. The van der Waals surface area contributed by atoms with Crippen LogP contribution < -0.4 is 16.6 Å². The molecule has 0 aromatic carbocycles. The van der Waals surface area contributed by atoms with E-state index in [9.17, 15) is 0 Å². The van der Waals surface area contributed by atoms with Crippen molar-refractivity contribution in [1.29, 1.82) is 0 Å². The van der Waals surface area contributed by atoms with Gasteiger partial charge in [0.2, 0.25) is 0 Å². The van der Waals surface area contributed by atoms with Crippen molar-refractivity contribution in [3.05, 3.63) is 11.9 Å². The van der Waals surface area contributed by atoms with Crippen molar-refractivity contribution in [3.63, 3.8) is 0 Å². The van der Waals surface area contributed by atoms with E-state index >= 15 is 0 Å². The van der Waals surface area contributed by atoms with Crippen LogP contribution in [0.5, 0.6) is 0 Å². The first-order chi connectivity index (χ1) is 9.05. The average Bonchev–Trinajstić information content (AvgIpc) is 2.37. The molecule has 0 amide bonds. The van der Waals surface area contributed by atoms with E-state index in [1.54, 1.807) is 0 Å². The Morgan fingerprint density at radius 2 is 1.84 bits per heavy atom. The summed E-state index contributed by atoms with van der Waals surface area (Å²) in [5.74, 6) is 8.49. The standard InChI is InChI=1S/C14H27N5/c1-5-12-17-13(9-14(18-12)19-15)16-11(4)8-6-7-10(2)3/h9-11H,5-8,15H2,1-4H3,(H2,16,17,18,19). The molecule has 0 saturated heterocycles. The van der Waals surface area contributed by atoms with Gasteiger partial charge in [-0.05, 0) is 19.3 Å². The second-order valence-electron chi connectivity index (χ2n) is 5.42. The van der Waals surface area contributed by atoms with Crippen LogP contribution in [0.15, 0.2) is 6.07 Å². The van der Waals surface area contributed by atoms with E-state index in [-0.39, 0.29) is 0 Å². The average molecular weight is 265 g/mol. The fraction of sp³-hybridized carbons (Fsp3) is 0.714. The zero-order chi connectivity index (χ0) is 14.3. The Balaban J connectivity index is 2.55. The van der Waals surface area contributed by atoms with Gasteiger partial charge in [0, 0.05) is 18.5 Å². The predicted octanol–water partition coefficient (Wildman–Crippen LogP) is 2.95. The van der Waals surface area contributed by atoms with Crippen molar-refractivity contribution in [3.8, 4) is 0 Å². The lowest BCUT2D eigenvalue weighted by Crippen LogP contribution is -2.18. The van der Waals surface area contributed by atoms with Crippen LogP contribution in [0.3, 0.4) is 0 Å². The first kappa shape index (κ1) is 15.7. The lowest BCUT2D eigenvalue weighted by atomic mass is 10.0. The molecule has 19 heavy (non-hydrogen) atoms. The molecular weight excluding hydrogens is 238 g/mol. The van der Waals surface area contributed by atoms with Crippen molar-refractivity contribution in [2.75, 3.05) is 10.7 Å². The monoisotopic (exact) mass is 265 g/mol. The summed E-state index contributed by atoms with van der Waals surface area (Å²) in [5.41, 5.74) is 2.58. The lowest BCUT2D eigenvalue weighted by molar-refractivity contribution is 0.520. The van der Waals surface area contributed by atoms with Gasteiger partial charge >= 0.3 is 0 Å². The zero-order valence-corrected chi connectivity index (χ0v) is 12.5. The molecule has 0 spiro atoms. The number of aryl methyl sites for hydroxylation is 1. The van der Waals surface area contributed by atoms with Gasteiger partial charge in [0.25, 0.3) is 0 Å². The topological polar surface area (TPSA) is 75.9 Å². The number of nitrogens with two attached hydrogens (primary N) is 1. The summed E-state index contributed by atoms with van der Waals surface area (Å²) in [6.45, 7) is 8.74. The first-order valence-electron chi connectivity index (χ1n) is 7.16. The Morgan fingerprint density at radius 1 is 1.16 bits per heavy atom. The summed E-state index contributed by atoms with van der Waals surface area (Å²) >= 11 is 0. The highest BCUT2D eigenvalue weighted by atomic mass is 15.3. The van der Waals surface area contributed by atoms with Gasteiger partial charge in [-0.3, -0.25) is 0 Å². The molecule has 1 heterocycles. The van der Waals surface area contributed by atoms with E-state index in [0.717, 1.165) is 30.4 Å².